The van der Waals surface area contributed by atoms with Gasteiger partial charge in [-0.15, -0.1) is 6.58 Å². The van der Waals surface area contributed by atoms with Crippen molar-refractivity contribution in [3.05, 3.63) is 58.4 Å². The zero-order valence-corrected chi connectivity index (χ0v) is 10.9. The van der Waals surface area contributed by atoms with Gasteiger partial charge in [-0.05, 0) is 19.1 Å². The number of aromatic nitrogens is 2. The summed E-state index contributed by atoms with van der Waals surface area (Å²) in [6.45, 7) is 6.09. The molecule has 0 aliphatic rings. The second-order valence-electron chi connectivity index (χ2n) is 3.66. The molecule has 4 nitrogen and oxygen atoms in total. The molecule has 1 aromatic heterocycles. The lowest BCUT2D eigenvalue weighted by molar-refractivity contribution is 0.0997. The highest BCUT2D eigenvalue weighted by molar-refractivity contribution is 7.08. The number of benzene rings is 1. The number of amides is 1. The van der Waals surface area contributed by atoms with E-state index < -0.39 is 0 Å². The Morgan fingerprint density at radius 1 is 1.50 bits per heavy atom. The van der Waals surface area contributed by atoms with Crippen molar-refractivity contribution in [2.24, 2.45) is 4.99 Å². The summed E-state index contributed by atoms with van der Waals surface area (Å²) in [5.74, 6) is -0.253. The molecule has 0 saturated heterocycles. The van der Waals surface area contributed by atoms with Gasteiger partial charge in [0.1, 0.15) is 5.01 Å². The Labute approximate surface area is 109 Å². The van der Waals surface area contributed by atoms with Crippen molar-refractivity contribution in [2.45, 2.75) is 13.5 Å². The second kappa shape index (κ2) is 5.55. The lowest BCUT2D eigenvalue weighted by atomic mass is 10.2. The highest BCUT2D eigenvalue weighted by Gasteiger charge is 2.05. The van der Waals surface area contributed by atoms with Crippen molar-refractivity contribution in [3.63, 3.8) is 0 Å². The molecule has 0 radical (unpaired) electrons. The molecule has 0 spiro atoms. The van der Waals surface area contributed by atoms with E-state index in [4.69, 9.17) is 0 Å². The van der Waals surface area contributed by atoms with E-state index in [9.17, 15) is 4.79 Å². The molecule has 0 fully saturated rings. The van der Waals surface area contributed by atoms with E-state index in [1.807, 2.05) is 25.1 Å². The van der Waals surface area contributed by atoms with Crippen molar-refractivity contribution < 1.29 is 4.79 Å². The molecule has 1 heterocycles. The predicted octanol–water partition coefficient (Wildman–Crippen LogP) is 2.18. The van der Waals surface area contributed by atoms with Crippen LogP contribution in [-0.4, -0.2) is 15.7 Å². The maximum atomic E-state index is 12.0. The molecule has 0 aliphatic carbocycles. The SMILES string of the molecule is C=CCn1nc(C)sc1=NC(=O)c1ccccc1. The fourth-order valence-electron chi connectivity index (χ4n) is 1.47. The fourth-order valence-corrected chi connectivity index (χ4v) is 2.22. The van der Waals surface area contributed by atoms with Crippen LogP contribution in [0.2, 0.25) is 0 Å². The molecule has 18 heavy (non-hydrogen) atoms. The number of allylic oxidation sites excluding steroid dienone is 1. The van der Waals surface area contributed by atoms with Gasteiger partial charge in [-0.25, -0.2) is 4.68 Å². The first kappa shape index (κ1) is 12.4. The van der Waals surface area contributed by atoms with Crippen LogP contribution in [0.1, 0.15) is 15.4 Å². The van der Waals surface area contributed by atoms with E-state index in [0.29, 0.717) is 16.9 Å². The van der Waals surface area contributed by atoms with E-state index in [1.165, 1.54) is 11.3 Å². The Bertz CT molecular complexity index is 625. The van der Waals surface area contributed by atoms with Gasteiger partial charge in [-0.3, -0.25) is 4.79 Å². The van der Waals surface area contributed by atoms with Gasteiger partial charge >= 0.3 is 0 Å². The number of carbonyl (C=O) groups is 1. The van der Waals surface area contributed by atoms with Crippen LogP contribution >= 0.6 is 11.3 Å². The summed E-state index contributed by atoms with van der Waals surface area (Å²) < 4.78 is 1.67. The first-order valence-electron chi connectivity index (χ1n) is 5.50. The number of carbonyl (C=O) groups excluding carboxylic acids is 1. The number of hydrogen-bond acceptors (Lipinski definition) is 3. The Balaban J connectivity index is 2.39. The molecule has 0 N–H and O–H groups in total. The lowest BCUT2D eigenvalue weighted by Crippen LogP contribution is -2.17. The highest BCUT2D eigenvalue weighted by atomic mass is 32.1. The quantitative estimate of drug-likeness (QED) is 0.793. The minimum atomic E-state index is -0.253. The molecular weight excluding hydrogens is 246 g/mol. The minimum Gasteiger partial charge on any atom is -0.267 e. The average Bonchev–Trinajstić information content (AvgIpc) is 2.71. The summed E-state index contributed by atoms with van der Waals surface area (Å²) >= 11 is 1.39. The summed E-state index contributed by atoms with van der Waals surface area (Å²) in [4.78, 5) is 16.7. The maximum absolute atomic E-state index is 12.0. The number of rotatable bonds is 3. The Morgan fingerprint density at radius 2 is 2.22 bits per heavy atom. The van der Waals surface area contributed by atoms with Crippen LogP contribution in [0.25, 0.3) is 0 Å². The average molecular weight is 259 g/mol. The molecule has 0 unspecified atom stereocenters. The normalized spacial score (nSPS) is 11.5. The van der Waals surface area contributed by atoms with E-state index in [2.05, 4.69) is 16.7 Å². The Morgan fingerprint density at radius 3 is 2.89 bits per heavy atom. The summed E-state index contributed by atoms with van der Waals surface area (Å²) in [7, 11) is 0. The molecular formula is C13H13N3OS. The molecule has 1 aromatic carbocycles. The lowest BCUT2D eigenvalue weighted by Gasteiger charge is -1.95. The standard InChI is InChI=1S/C13H13N3OS/c1-3-9-16-13(18-10(2)15-16)14-12(17)11-7-5-4-6-8-11/h3-8H,1,9H2,2H3. The van der Waals surface area contributed by atoms with Crippen LogP contribution < -0.4 is 4.80 Å². The van der Waals surface area contributed by atoms with Gasteiger partial charge in [0.2, 0.25) is 4.80 Å². The van der Waals surface area contributed by atoms with Gasteiger partial charge in [0, 0.05) is 5.56 Å². The van der Waals surface area contributed by atoms with Crippen LogP contribution in [0.3, 0.4) is 0 Å². The summed E-state index contributed by atoms with van der Waals surface area (Å²) in [5, 5.41) is 5.14. The van der Waals surface area contributed by atoms with Gasteiger partial charge in [-0.2, -0.15) is 10.1 Å². The smallest absolute Gasteiger partial charge is 0.267 e. The minimum absolute atomic E-state index is 0.253. The van der Waals surface area contributed by atoms with Gasteiger partial charge in [0.25, 0.3) is 5.91 Å². The number of hydrogen-bond donors (Lipinski definition) is 0. The van der Waals surface area contributed by atoms with Gasteiger partial charge < -0.3 is 0 Å². The van der Waals surface area contributed by atoms with Crippen LogP contribution in [0.4, 0.5) is 0 Å². The zero-order valence-electron chi connectivity index (χ0n) is 10.0. The molecule has 0 bridgehead atoms. The first-order chi connectivity index (χ1) is 8.70. The third kappa shape index (κ3) is 2.81. The number of nitrogens with zero attached hydrogens (tertiary/aromatic N) is 3. The topological polar surface area (TPSA) is 47.2 Å². The third-order valence-electron chi connectivity index (χ3n) is 2.24. The molecule has 0 atom stereocenters. The van der Waals surface area contributed by atoms with Crippen molar-refractivity contribution >= 4 is 17.2 Å². The molecule has 92 valence electrons. The zero-order chi connectivity index (χ0) is 13.0. The molecule has 0 saturated carbocycles. The molecule has 2 aromatic rings. The van der Waals surface area contributed by atoms with E-state index >= 15 is 0 Å². The van der Waals surface area contributed by atoms with E-state index in [0.717, 1.165) is 5.01 Å². The summed E-state index contributed by atoms with van der Waals surface area (Å²) in [6.07, 6.45) is 1.73. The predicted molar refractivity (Wildman–Crippen MR) is 71.4 cm³/mol. The van der Waals surface area contributed by atoms with Gasteiger partial charge in [-0.1, -0.05) is 35.6 Å². The largest absolute Gasteiger partial charge is 0.279 e. The van der Waals surface area contributed by atoms with Crippen LogP contribution in [-0.2, 0) is 6.54 Å². The highest BCUT2D eigenvalue weighted by Crippen LogP contribution is 2.01. The van der Waals surface area contributed by atoms with E-state index in [-0.39, 0.29) is 5.91 Å². The van der Waals surface area contributed by atoms with Crippen LogP contribution in [0.5, 0.6) is 0 Å². The van der Waals surface area contributed by atoms with Crippen molar-refractivity contribution in [2.75, 3.05) is 0 Å². The van der Waals surface area contributed by atoms with Gasteiger partial charge in [0.15, 0.2) is 0 Å². The molecule has 0 aliphatic heterocycles. The second-order valence-corrected chi connectivity index (χ2v) is 4.82. The molecule has 5 heteroatoms. The Kier molecular flexibility index (Phi) is 3.84. The van der Waals surface area contributed by atoms with Crippen molar-refractivity contribution in [3.8, 4) is 0 Å². The van der Waals surface area contributed by atoms with E-state index in [1.54, 1.807) is 22.9 Å². The summed E-state index contributed by atoms with van der Waals surface area (Å²) in [6, 6.07) is 9.00. The fraction of sp³-hybridized carbons (Fsp3) is 0.154. The van der Waals surface area contributed by atoms with Crippen LogP contribution in [0.15, 0.2) is 48.0 Å². The van der Waals surface area contributed by atoms with Crippen molar-refractivity contribution in [1.82, 2.24) is 9.78 Å². The number of aryl methyl sites for hydroxylation is 1. The third-order valence-corrected chi connectivity index (χ3v) is 3.10. The molecule has 2 rings (SSSR count). The molecule has 1 amide bonds. The first-order valence-corrected chi connectivity index (χ1v) is 6.32. The maximum Gasteiger partial charge on any atom is 0.279 e. The monoisotopic (exact) mass is 259 g/mol. The van der Waals surface area contributed by atoms with Crippen molar-refractivity contribution in [1.29, 1.82) is 0 Å². The Hall–Kier alpha value is -2.01. The van der Waals surface area contributed by atoms with Gasteiger partial charge in [0.05, 0.1) is 6.54 Å². The van der Waals surface area contributed by atoms with Crippen LogP contribution in [0, 0.1) is 6.92 Å². The summed E-state index contributed by atoms with van der Waals surface area (Å²) in [5.41, 5.74) is 0.578.